The normalized spacial score (nSPS) is 18.8. The second-order valence-electron chi connectivity index (χ2n) is 6.70. The van der Waals surface area contributed by atoms with Crippen LogP contribution in [-0.2, 0) is 4.79 Å². The molecule has 1 aromatic rings. The van der Waals surface area contributed by atoms with E-state index in [9.17, 15) is 10.1 Å². The number of anilines is 1. The van der Waals surface area contributed by atoms with Gasteiger partial charge in [-0.05, 0) is 45.6 Å². The maximum Gasteiger partial charge on any atom is 0.225 e. The smallest absolute Gasteiger partial charge is 0.225 e. The monoisotopic (exact) mass is 329 g/mol. The Morgan fingerprint density at radius 1 is 1.46 bits per heavy atom. The Balaban J connectivity index is 2.13. The molecule has 1 fully saturated rings. The van der Waals surface area contributed by atoms with Crippen molar-refractivity contribution in [2.75, 3.05) is 18.0 Å². The van der Waals surface area contributed by atoms with Gasteiger partial charge in [0.15, 0.2) is 5.82 Å². The van der Waals surface area contributed by atoms with Crippen LogP contribution in [0.1, 0.15) is 56.4 Å². The third-order valence-corrected chi connectivity index (χ3v) is 4.75. The van der Waals surface area contributed by atoms with Gasteiger partial charge in [0, 0.05) is 19.1 Å². The lowest BCUT2D eigenvalue weighted by Gasteiger charge is -2.33. The molecule has 0 saturated carbocycles. The zero-order valence-corrected chi connectivity index (χ0v) is 15.1. The third-order valence-electron chi connectivity index (χ3n) is 4.75. The van der Waals surface area contributed by atoms with E-state index in [-0.39, 0.29) is 17.9 Å². The molecule has 6 heteroatoms. The fourth-order valence-electron chi connectivity index (χ4n) is 3.20. The van der Waals surface area contributed by atoms with Gasteiger partial charge in [0.05, 0.1) is 11.6 Å². The first-order valence-electron chi connectivity index (χ1n) is 8.77. The van der Waals surface area contributed by atoms with Crippen molar-refractivity contribution in [2.24, 2.45) is 5.92 Å². The molecule has 0 radical (unpaired) electrons. The highest BCUT2D eigenvalue weighted by atomic mass is 16.2. The maximum atomic E-state index is 12.5. The molecule has 2 heterocycles. The number of rotatable bonds is 5. The second-order valence-corrected chi connectivity index (χ2v) is 6.70. The van der Waals surface area contributed by atoms with E-state index in [1.54, 1.807) is 0 Å². The largest absolute Gasteiger partial charge is 0.353 e. The number of nitrogens with zero attached hydrogens (tertiary/aromatic N) is 4. The first kappa shape index (κ1) is 18.2. The zero-order chi connectivity index (χ0) is 17.7. The van der Waals surface area contributed by atoms with E-state index >= 15 is 0 Å². The minimum Gasteiger partial charge on any atom is -0.353 e. The molecule has 1 aliphatic heterocycles. The zero-order valence-electron chi connectivity index (χ0n) is 15.1. The van der Waals surface area contributed by atoms with Gasteiger partial charge < -0.3 is 10.2 Å². The number of nitriles is 1. The van der Waals surface area contributed by atoms with E-state index in [1.165, 1.54) is 0 Å². The standard InChI is InChI=1S/C18H27N5O/c1-5-7-12(2)20-18(24)15-8-6-9-23(11-15)17-16(10-19)13(3)14(4)21-22-17/h12,15H,5-9,11H2,1-4H3,(H,20,24). The fraction of sp³-hybridized carbons (Fsp3) is 0.667. The summed E-state index contributed by atoms with van der Waals surface area (Å²) in [7, 11) is 0. The Hall–Kier alpha value is -2.16. The van der Waals surface area contributed by atoms with E-state index in [0.717, 1.165) is 43.5 Å². The predicted octanol–water partition coefficient (Wildman–Crippen LogP) is 2.49. The summed E-state index contributed by atoms with van der Waals surface area (Å²) >= 11 is 0. The molecule has 130 valence electrons. The molecular weight excluding hydrogens is 302 g/mol. The van der Waals surface area contributed by atoms with Gasteiger partial charge in [-0.2, -0.15) is 10.4 Å². The Morgan fingerprint density at radius 3 is 2.88 bits per heavy atom. The lowest BCUT2D eigenvalue weighted by atomic mass is 9.96. The Morgan fingerprint density at radius 2 is 2.21 bits per heavy atom. The number of aromatic nitrogens is 2. The Kier molecular flexibility index (Phi) is 6.13. The molecule has 1 N–H and O–H groups in total. The average molecular weight is 329 g/mol. The molecule has 1 amide bonds. The quantitative estimate of drug-likeness (QED) is 0.897. The van der Waals surface area contributed by atoms with E-state index in [2.05, 4.69) is 28.5 Å². The van der Waals surface area contributed by atoms with Crippen molar-refractivity contribution in [3.63, 3.8) is 0 Å². The Labute approximate surface area is 144 Å². The minimum atomic E-state index is -0.0620. The van der Waals surface area contributed by atoms with Crippen LogP contribution in [-0.4, -0.2) is 35.2 Å². The van der Waals surface area contributed by atoms with Crippen LogP contribution < -0.4 is 10.2 Å². The van der Waals surface area contributed by atoms with Crippen LogP contribution in [0.3, 0.4) is 0 Å². The van der Waals surface area contributed by atoms with Crippen molar-refractivity contribution in [1.82, 2.24) is 15.5 Å². The molecule has 0 bridgehead atoms. The van der Waals surface area contributed by atoms with Crippen LogP contribution in [0.25, 0.3) is 0 Å². The van der Waals surface area contributed by atoms with Gasteiger partial charge in [-0.25, -0.2) is 0 Å². The average Bonchev–Trinajstić information content (AvgIpc) is 2.57. The maximum absolute atomic E-state index is 12.5. The molecule has 2 unspecified atom stereocenters. The van der Waals surface area contributed by atoms with Crippen molar-refractivity contribution >= 4 is 11.7 Å². The number of nitrogens with one attached hydrogen (secondary N) is 1. The summed E-state index contributed by atoms with van der Waals surface area (Å²) in [4.78, 5) is 14.5. The van der Waals surface area contributed by atoms with E-state index < -0.39 is 0 Å². The van der Waals surface area contributed by atoms with Crippen LogP contribution in [0.5, 0.6) is 0 Å². The number of hydrogen-bond donors (Lipinski definition) is 1. The SMILES string of the molecule is CCCC(C)NC(=O)C1CCCN(c2nnc(C)c(C)c2C#N)C1. The highest BCUT2D eigenvalue weighted by molar-refractivity contribution is 5.80. The lowest BCUT2D eigenvalue weighted by Crippen LogP contribution is -2.45. The molecule has 0 aliphatic carbocycles. The molecule has 1 saturated heterocycles. The van der Waals surface area contributed by atoms with Crippen LogP contribution >= 0.6 is 0 Å². The molecule has 1 aliphatic rings. The van der Waals surface area contributed by atoms with Crippen LogP contribution in [0, 0.1) is 31.1 Å². The lowest BCUT2D eigenvalue weighted by molar-refractivity contribution is -0.125. The van der Waals surface area contributed by atoms with E-state index in [1.807, 2.05) is 25.7 Å². The molecule has 6 nitrogen and oxygen atoms in total. The molecule has 2 atom stereocenters. The van der Waals surface area contributed by atoms with Gasteiger partial charge in [0.25, 0.3) is 0 Å². The summed E-state index contributed by atoms with van der Waals surface area (Å²) in [6.45, 7) is 9.31. The number of carbonyl (C=O) groups is 1. The number of piperidine rings is 1. The predicted molar refractivity (Wildman–Crippen MR) is 93.7 cm³/mol. The molecule has 1 aromatic heterocycles. The van der Waals surface area contributed by atoms with Gasteiger partial charge in [-0.1, -0.05) is 13.3 Å². The van der Waals surface area contributed by atoms with Crippen molar-refractivity contribution in [3.05, 3.63) is 16.8 Å². The first-order valence-corrected chi connectivity index (χ1v) is 8.77. The summed E-state index contributed by atoms with van der Waals surface area (Å²) in [5.74, 6) is 0.656. The van der Waals surface area contributed by atoms with E-state index in [4.69, 9.17) is 0 Å². The van der Waals surface area contributed by atoms with Gasteiger partial charge in [0.2, 0.25) is 5.91 Å². The summed E-state index contributed by atoms with van der Waals surface area (Å²) in [5, 5.41) is 21.0. The fourth-order valence-corrected chi connectivity index (χ4v) is 3.20. The minimum absolute atomic E-state index is 0.0620. The van der Waals surface area contributed by atoms with Crippen LogP contribution in [0.2, 0.25) is 0 Å². The van der Waals surface area contributed by atoms with Gasteiger partial charge in [-0.3, -0.25) is 4.79 Å². The second kappa shape index (κ2) is 8.09. The van der Waals surface area contributed by atoms with Crippen molar-refractivity contribution in [3.8, 4) is 6.07 Å². The van der Waals surface area contributed by atoms with Crippen LogP contribution in [0.15, 0.2) is 0 Å². The molecular formula is C18H27N5O. The topological polar surface area (TPSA) is 81.9 Å². The highest BCUT2D eigenvalue weighted by Crippen LogP contribution is 2.26. The third kappa shape index (κ3) is 4.02. The number of aryl methyl sites for hydroxylation is 1. The molecule has 24 heavy (non-hydrogen) atoms. The Bertz CT molecular complexity index is 637. The van der Waals surface area contributed by atoms with Gasteiger partial charge >= 0.3 is 0 Å². The summed E-state index contributed by atoms with van der Waals surface area (Å²) in [5.41, 5.74) is 2.21. The van der Waals surface area contributed by atoms with Gasteiger partial charge in [0.1, 0.15) is 11.6 Å². The number of hydrogen-bond acceptors (Lipinski definition) is 5. The number of carbonyl (C=O) groups excluding carboxylic acids is 1. The van der Waals surface area contributed by atoms with Crippen molar-refractivity contribution in [1.29, 1.82) is 5.26 Å². The first-order chi connectivity index (χ1) is 11.5. The van der Waals surface area contributed by atoms with Crippen LogP contribution in [0.4, 0.5) is 5.82 Å². The molecule has 0 aromatic carbocycles. The van der Waals surface area contributed by atoms with Crippen molar-refractivity contribution in [2.45, 2.75) is 59.4 Å². The summed E-state index contributed by atoms with van der Waals surface area (Å²) in [6.07, 6.45) is 3.84. The van der Waals surface area contributed by atoms with Gasteiger partial charge in [-0.15, -0.1) is 5.10 Å². The summed E-state index contributed by atoms with van der Waals surface area (Å²) in [6, 6.07) is 2.45. The molecule has 0 spiro atoms. The van der Waals surface area contributed by atoms with E-state index in [0.29, 0.717) is 17.9 Å². The van der Waals surface area contributed by atoms with Crippen molar-refractivity contribution < 1.29 is 4.79 Å². The highest BCUT2D eigenvalue weighted by Gasteiger charge is 2.29. The summed E-state index contributed by atoms with van der Waals surface area (Å²) < 4.78 is 0. The molecule has 2 rings (SSSR count). The number of amides is 1.